The van der Waals surface area contributed by atoms with Gasteiger partial charge in [0.25, 0.3) is 23.6 Å². The Labute approximate surface area is 531 Å². The second-order valence-electron chi connectivity index (χ2n) is 20.9. The monoisotopic (exact) mass is 1310 g/mol. The Morgan fingerprint density at radius 3 is 2.16 bits per heavy atom. The van der Waals surface area contributed by atoms with Gasteiger partial charge in [-0.3, -0.25) is 38.6 Å². The van der Waals surface area contributed by atoms with Crippen molar-refractivity contribution >= 4 is 109 Å². The Kier molecular flexibility index (Phi) is 18.0. The number of hydrogen-bond donors (Lipinski definition) is 9. The first-order valence-electron chi connectivity index (χ1n) is 27.4. The number of thioether (sulfide) groups is 1. The van der Waals surface area contributed by atoms with E-state index in [1.807, 2.05) is 42.6 Å². The summed E-state index contributed by atoms with van der Waals surface area (Å²) in [6.07, 6.45) is -1.29. The van der Waals surface area contributed by atoms with Gasteiger partial charge in [0.2, 0.25) is 23.6 Å². The second kappa shape index (κ2) is 26.2. The first-order chi connectivity index (χ1) is 43.1. The Morgan fingerprint density at radius 2 is 1.40 bits per heavy atom. The number of primary amides is 1. The lowest BCUT2D eigenvalue weighted by molar-refractivity contribution is -0.145. The number of oxazole rings is 1. The van der Waals surface area contributed by atoms with Crippen LogP contribution in [-0.4, -0.2) is 133 Å². The summed E-state index contributed by atoms with van der Waals surface area (Å²) < 4.78 is 6.21. The lowest BCUT2D eigenvalue weighted by Crippen LogP contribution is -2.53. The van der Waals surface area contributed by atoms with Gasteiger partial charge < -0.3 is 57.0 Å². The van der Waals surface area contributed by atoms with E-state index < -0.39 is 102 Å². The molecule has 460 valence electrons. The van der Waals surface area contributed by atoms with Gasteiger partial charge in [-0.1, -0.05) is 62.5 Å². The number of hydrogen-bond acceptors (Lipinski definition) is 23. The van der Waals surface area contributed by atoms with Gasteiger partial charge in [-0.2, -0.15) is 0 Å². The number of aryl methyl sites for hydroxylation is 1. The molecular weight excluding hydrogens is 1260 g/mol. The van der Waals surface area contributed by atoms with Crippen LogP contribution in [0.15, 0.2) is 122 Å². The van der Waals surface area contributed by atoms with E-state index in [4.69, 9.17) is 35.2 Å². The van der Waals surface area contributed by atoms with Crippen LogP contribution in [0, 0.1) is 12.8 Å². The molecular formula is C59H52N14O12S5. The van der Waals surface area contributed by atoms with Crippen LogP contribution in [0.2, 0.25) is 0 Å². The van der Waals surface area contributed by atoms with Crippen LogP contribution in [0.25, 0.3) is 44.2 Å². The number of fused-ring (bicyclic) bond motifs is 15. The number of carboxylic acid groups (broad SMARTS) is 1. The van der Waals surface area contributed by atoms with Crippen molar-refractivity contribution in [2.75, 3.05) is 5.75 Å². The molecule has 2 aromatic carbocycles. The molecule has 0 spiro atoms. The summed E-state index contributed by atoms with van der Waals surface area (Å²) in [4.78, 5) is 143. The molecule has 7 unspecified atom stereocenters. The number of phenolic OH excluding ortho intramolecular Hbond substituents is 1. The number of pyridine rings is 1. The quantitative estimate of drug-likeness (QED) is 0.0662. The number of nitrogens with zero attached hydrogens (tertiary/aromatic N) is 8. The number of aromatic nitrogens is 6. The minimum atomic E-state index is -1.49. The molecule has 0 aliphatic carbocycles. The largest absolute Gasteiger partial charge is 0.508 e. The summed E-state index contributed by atoms with van der Waals surface area (Å²) in [5, 5.41) is 52.2. The highest BCUT2D eigenvalue weighted by Crippen LogP contribution is 2.44. The maximum Gasteiger partial charge on any atom is 0.351 e. The first-order valence-corrected chi connectivity index (χ1v) is 31.9. The van der Waals surface area contributed by atoms with Crippen molar-refractivity contribution in [3.63, 3.8) is 0 Å². The number of thiazole rings is 4. The summed E-state index contributed by atoms with van der Waals surface area (Å²) in [5.74, 6) is -6.92. The minimum Gasteiger partial charge on any atom is -0.508 e. The molecule has 1 fully saturated rings. The maximum atomic E-state index is 15.2. The molecule has 0 saturated carbocycles. The number of carbonyl (C=O) groups is 8. The number of amides is 7. The number of nitrogens with one attached hydrogen (secondary N) is 5. The van der Waals surface area contributed by atoms with Crippen molar-refractivity contribution in [2.24, 2.45) is 16.6 Å². The SMILES string of the molecule is C=C(NC(=O)C(=C)NC(=O)c1csc(-c2ccc3c(n2)-c2csc(n2)-c2csc(n2)C2C(C)CC(O)N2C(=O)C(Cc2ccc(O)cc2)NC(=O)C2CSC(=N2)C(Cc2ccccc2)NC(=O)c2csc(n2)C(CC(N)=O)NC(=O)c2nc-3oc2C)n1)C(=O)O. The fourth-order valence-electron chi connectivity index (χ4n) is 10.1. The molecule has 8 aromatic rings. The van der Waals surface area contributed by atoms with E-state index in [2.05, 4.69) is 49.4 Å². The molecule has 6 aromatic heterocycles. The summed E-state index contributed by atoms with van der Waals surface area (Å²) in [5.41, 5.74) is 7.00. The lowest BCUT2D eigenvalue weighted by Gasteiger charge is -2.32. The van der Waals surface area contributed by atoms with E-state index in [1.165, 1.54) is 69.2 Å². The molecule has 90 heavy (non-hydrogen) atoms. The fourth-order valence-corrected chi connectivity index (χ4v) is 14.7. The highest BCUT2D eigenvalue weighted by atomic mass is 32.2. The minimum absolute atomic E-state index is 0.00465. The number of carboxylic acids is 1. The van der Waals surface area contributed by atoms with Crippen LogP contribution in [0.1, 0.15) is 90.2 Å². The summed E-state index contributed by atoms with van der Waals surface area (Å²) in [6, 6.07) is 13.7. The number of benzene rings is 2. The number of aliphatic hydroxyl groups is 1. The number of nitrogens with two attached hydrogens (primary N) is 1. The molecule has 7 atom stereocenters. The molecule has 9 heterocycles. The van der Waals surface area contributed by atoms with Crippen LogP contribution in [0.4, 0.5) is 0 Å². The third-order valence-corrected chi connectivity index (χ3v) is 19.3. The molecule has 11 rings (SSSR count). The van der Waals surface area contributed by atoms with Gasteiger partial charge in [-0.25, -0.2) is 34.7 Å². The van der Waals surface area contributed by atoms with E-state index in [0.29, 0.717) is 26.3 Å². The summed E-state index contributed by atoms with van der Waals surface area (Å²) >= 11 is 5.74. The normalized spacial score (nSPS) is 20.2. The van der Waals surface area contributed by atoms with Crippen LogP contribution < -0.4 is 32.3 Å². The van der Waals surface area contributed by atoms with Crippen LogP contribution in [0.5, 0.6) is 5.75 Å². The molecule has 31 heteroatoms. The van der Waals surface area contributed by atoms with Gasteiger partial charge >= 0.3 is 5.97 Å². The number of aliphatic hydroxyl groups excluding tert-OH is 1. The van der Waals surface area contributed by atoms with Gasteiger partial charge in [0, 0.05) is 33.7 Å². The number of aromatic hydroxyl groups is 1. The fraction of sp³-hybridized carbons (Fsp3) is 0.237. The Bertz CT molecular complexity index is 4230. The molecule has 7 amide bonds. The maximum absolute atomic E-state index is 15.2. The summed E-state index contributed by atoms with van der Waals surface area (Å²) in [6.45, 7) is 10.2. The zero-order valence-electron chi connectivity index (χ0n) is 47.4. The zero-order valence-corrected chi connectivity index (χ0v) is 51.4. The van der Waals surface area contributed by atoms with Crippen LogP contribution in [0.3, 0.4) is 0 Å². The second-order valence-corrected chi connectivity index (χ2v) is 25.5. The highest BCUT2D eigenvalue weighted by Gasteiger charge is 2.46. The molecule has 0 radical (unpaired) electrons. The summed E-state index contributed by atoms with van der Waals surface area (Å²) in [7, 11) is 0. The first kappa shape index (κ1) is 62.0. The Balaban J connectivity index is 0.983. The average Bonchev–Trinajstić information content (AvgIpc) is 1.69. The molecule has 26 nitrogen and oxygen atoms in total. The zero-order chi connectivity index (χ0) is 63.7. The number of phenols is 1. The predicted molar refractivity (Wildman–Crippen MR) is 334 cm³/mol. The lowest BCUT2D eigenvalue weighted by atomic mass is 10.0. The average molecular weight is 1310 g/mol. The smallest absolute Gasteiger partial charge is 0.351 e. The van der Waals surface area contributed by atoms with Crippen molar-refractivity contribution in [2.45, 2.75) is 76.0 Å². The number of carbonyl (C=O) groups excluding carboxylic acids is 7. The Morgan fingerprint density at radius 1 is 0.722 bits per heavy atom. The van der Waals surface area contributed by atoms with E-state index in [1.54, 1.807) is 35.0 Å². The van der Waals surface area contributed by atoms with Crippen molar-refractivity contribution in [1.82, 2.24) is 61.4 Å². The highest BCUT2D eigenvalue weighted by molar-refractivity contribution is 8.14. The van der Waals surface area contributed by atoms with Crippen molar-refractivity contribution in [1.29, 1.82) is 0 Å². The van der Waals surface area contributed by atoms with E-state index >= 15 is 4.79 Å². The topological polar surface area (TPSA) is 389 Å². The van der Waals surface area contributed by atoms with Gasteiger partial charge in [0.05, 0.1) is 46.5 Å². The van der Waals surface area contributed by atoms with Crippen molar-refractivity contribution < 1.29 is 58.1 Å². The molecule has 3 aliphatic rings. The van der Waals surface area contributed by atoms with E-state index in [9.17, 15) is 43.8 Å². The molecule has 10 N–H and O–H groups in total. The number of rotatable bonds is 12. The van der Waals surface area contributed by atoms with Crippen molar-refractivity contribution in [3.05, 3.63) is 157 Å². The van der Waals surface area contributed by atoms with E-state index in [0.717, 1.165) is 28.2 Å². The van der Waals surface area contributed by atoms with Crippen LogP contribution >= 0.6 is 57.1 Å². The standard InChI is InChI=1S/C59H52N14O12S5/c1-25-16-43(76)73-46(25)57-71-41(24-90-57)56-67-37(20-86-56)45-32(14-15-33(63-45)53-68-38(21-87-53)48(78)61-26(2)47(77)62-27(3)59(83)84)52-72-44(28(4)85-52)51(81)65-35(19-42(60)75)55-70-39(22-89-55)49(79)64-34(17-29-8-6-5-7-9-29)54-69-40(23-88-54)50(80)66-36(58(73)82)18-30-10-12-31(74)13-11-30/h5-15,20-22,24-25,34-36,40,43,46,74,76H,2-3,16-19,23H2,1,4H3,(H2,60,75)(H,61,78)(H,62,77)(H,64,79)(H,65,81)(H,66,80)(H,83,84). The van der Waals surface area contributed by atoms with Crippen molar-refractivity contribution in [3.8, 4) is 50.0 Å². The van der Waals surface area contributed by atoms with Gasteiger partial charge in [0.1, 0.15) is 84.0 Å². The van der Waals surface area contributed by atoms with Crippen LogP contribution in [-0.2, 0) is 36.8 Å². The molecule has 3 aliphatic heterocycles. The van der Waals surface area contributed by atoms with Gasteiger partial charge in [-0.15, -0.1) is 57.1 Å². The van der Waals surface area contributed by atoms with Gasteiger partial charge in [-0.05, 0) is 61.1 Å². The number of aliphatic imine (C=N–C) groups is 1. The predicted octanol–water partition coefficient (Wildman–Crippen LogP) is 5.71. The third kappa shape index (κ3) is 13.5. The Hall–Kier alpha value is -9.66. The molecule has 1 saturated heterocycles. The number of aliphatic carboxylic acids is 1. The van der Waals surface area contributed by atoms with Gasteiger partial charge in [0.15, 0.2) is 5.69 Å². The van der Waals surface area contributed by atoms with E-state index in [-0.39, 0.29) is 98.1 Å². The molecule has 10 bridgehead atoms. The third-order valence-electron chi connectivity index (χ3n) is 14.5.